The smallest absolute Gasteiger partial charge is 0.0711 e. The van der Waals surface area contributed by atoms with Gasteiger partial charge < -0.3 is 10.2 Å². The summed E-state index contributed by atoms with van der Waals surface area (Å²) in [5.74, 6) is 0. The average molecular weight is 718 g/mol. The molecule has 3 heteroatoms. The van der Waals surface area contributed by atoms with E-state index in [-0.39, 0.29) is 0 Å². The van der Waals surface area contributed by atoms with Crippen LogP contribution in [0, 0.1) is 5.41 Å². The number of hydrogen-bond donors (Lipinski definition) is 2. The van der Waals surface area contributed by atoms with Crippen molar-refractivity contribution in [3.63, 3.8) is 0 Å². The molecule has 0 unspecified atom stereocenters. The summed E-state index contributed by atoms with van der Waals surface area (Å²) >= 11 is 0. The molecule has 0 saturated heterocycles. The number of hydrogen-bond acceptors (Lipinski definition) is 3. The van der Waals surface area contributed by atoms with Gasteiger partial charge in [0.15, 0.2) is 0 Å². The lowest BCUT2D eigenvalue weighted by Crippen LogP contribution is -2.23. The van der Waals surface area contributed by atoms with Crippen LogP contribution in [-0.4, -0.2) is 5.71 Å². The molecule has 266 valence electrons. The average Bonchev–Trinajstić information content (AvgIpc) is 3.28. The lowest BCUT2D eigenvalue weighted by Gasteiger charge is -2.33. The summed E-state index contributed by atoms with van der Waals surface area (Å²) in [6.07, 6.45) is 2.24. The van der Waals surface area contributed by atoms with Crippen LogP contribution in [0.3, 0.4) is 0 Å². The van der Waals surface area contributed by atoms with Crippen molar-refractivity contribution in [2.75, 3.05) is 4.90 Å². The summed E-state index contributed by atoms with van der Waals surface area (Å²) in [5.41, 5.74) is 15.8. The van der Waals surface area contributed by atoms with E-state index in [0.29, 0.717) is 5.71 Å². The van der Waals surface area contributed by atoms with Gasteiger partial charge >= 0.3 is 0 Å². The number of anilines is 3. The predicted molar refractivity (Wildman–Crippen MR) is 236 cm³/mol. The minimum Gasteiger partial charge on any atom is -0.354 e. The van der Waals surface area contributed by atoms with Crippen LogP contribution in [0.25, 0.3) is 45.3 Å². The molecule has 0 radical (unpaired) electrons. The maximum absolute atomic E-state index is 9.86. The van der Waals surface area contributed by atoms with Gasteiger partial charge in [-0.1, -0.05) is 188 Å². The molecule has 0 fully saturated rings. The highest BCUT2D eigenvalue weighted by atomic mass is 15.1. The molecule has 0 saturated carbocycles. The van der Waals surface area contributed by atoms with Gasteiger partial charge in [0.2, 0.25) is 0 Å². The van der Waals surface area contributed by atoms with Gasteiger partial charge in [-0.2, -0.15) is 0 Å². The Morgan fingerprint density at radius 1 is 0.393 bits per heavy atom. The van der Waals surface area contributed by atoms with E-state index in [1.165, 1.54) is 11.1 Å². The number of rotatable bonds is 9. The SMILES string of the molecule is N=C(/C(=C1\NC(c2ccccc2)=Cc2cccc(N(c3ccc(-c4ccccc4)cc3)c3ccc(-c4ccccc4)cc3)c21)c1ccccc1)c1ccccc1. The summed E-state index contributed by atoms with van der Waals surface area (Å²) in [6, 6.07) is 76.0. The van der Waals surface area contributed by atoms with Crippen LogP contribution in [0.5, 0.6) is 0 Å². The maximum atomic E-state index is 9.86. The lowest BCUT2D eigenvalue weighted by molar-refractivity contribution is 1.19. The zero-order valence-corrected chi connectivity index (χ0v) is 30.8. The second kappa shape index (κ2) is 15.5. The summed E-state index contributed by atoms with van der Waals surface area (Å²) < 4.78 is 0. The highest BCUT2D eigenvalue weighted by Crippen LogP contribution is 2.46. The van der Waals surface area contributed by atoms with Crippen molar-refractivity contribution < 1.29 is 0 Å². The number of benzene rings is 8. The summed E-state index contributed by atoms with van der Waals surface area (Å²) in [7, 11) is 0. The Bertz CT molecular complexity index is 2580. The molecule has 0 atom stereocenters. The number of allylic oxidation sites excluding steroid dienone is 1. The van der Waals surface area contributed by atoms with E-state index in [1.54, 1.807) is 0 Å². The van der Waals surface area contributed by atoms with E-state index in [0.717, 1.165) is 73.0 Å². The van der Waals surface area contributed by atoms with Gasteiger partial charge in [0.05, 0.1) is 17.1 Å². The fraction of sp³-hybridized carbons (Fsp3) is 0. The van der Waals surface area contributed by atoms with Crippen LogP contribution in [-0.2, 0) is 0 Å². The summed E-state index contributed by atoms with van der Waals surface area (Å²) in [5, 5.41) is 13.8. The molecule has 0 amide bonds. The third-order valence-corrected chi connectivity index (χ3v) is 10.3. The molecule has 9 rings (SSSR count). The van der Waals surface area contributed by atoms with Crippen LogP contribution in [0.15, 0.2) is 218 Å². The summed E-state index contributed by atoms with van der Waals surface area (Å²) in [4.78, 5) is 2.35. The zero-order chi connectivity index (χ0) is 37.7. The number of nitrogens with zero attached hydrogens (tertiary/aromatic N) is 1. The van der Waals surface area contributed by atoms with Gasteiger partial charge in [0.25, 0.3) is 0 Å². The molecule has 8 aromatic carbocycles. The lowest BCUT2D eigenvalue weighted by atomic mass is 9.86. The monoisotopic (exact) mass is 717 g/mol. The van der Waals surface area contributed by atoms with Crippen molar-refractivity contribution in [1.29, 1.82) is 5.41 Å². The topological polar surface area (TPSA) is 39.1 Å². The van der Waals surface area contributed by atoms with Crippen molar-refractivity contribution >= 4 is 45.8 Å². The fourth-order valence-corrected chi connectivity index (χ4v) is 7.55. The van der Waals surface area contributed by atoms with Crippen LogP contribution in [0.2, 0.25) is 0 Å². The number of fused-ring (bicyclic) bond motifs is 1. The van der Waals surface area contributed by atoms with Gasteiger partial charge in [0.1, 0.15) is 0 Å². The van der Waals surface area contributed by atoms with E-state index in [2.05, 4.69) is 180 Å². The normalized spacial score (nSPS) is 12.8. The van der Waals surface area contributed by atoms with Gasteiger partial charge in [-0.05, 0) is 75.4 Å². The zero-order valence-electron chi connectivity index (χ0n) is 30.8. The first-order valence-corrected chi connectivity index (χ1v) is 18.9. The van der Waals surface area contributed by atoms with Crippen LogP contribution >= 0.6 is 0 Å². The molecule has 1 aliphatic heterocycles. The van der Waals surface area contributed by atoms with E-state index in [9.17, 15) is 5.41 Å². The van der Waals surface area contributed by atoms with E-state index < -0.39 is 0 Å². The van der Waals surface area contributed by atoms with Crippen LogP contribution in [0.4, 0.5) is 17.1 Å². The maximum Gasteiger partial charge on any atom is 0.0711 e. The number of nitrogens with one attached hydrogen (secondary N) is 2. The molecular weight excluding hydrogens is 679 g/mol. The van der Waals surface area contributed by atoms with Gasteiger partial charge in [-0.25, -0.2) is 0 Å². The van der Waals surface area contributed by atoms with Crippen molar-refractivity contribution in [3.8, 4) is 22.3 Å². The largest absolute Gasteiger partial charge is 0.354 e. The van der Waals surface area contributed by atoms with E-state index in [4.69, 9.17) is 0 Å². The van der Waals surface area contributed by atoms with Gasteiger partial charge in [-0.3, -0.25) is 5.41 Å². The minimum atomic E-state index is 0.445. The first-order valence-electron chi connectivity index (χ1n) is 18.9. The second-order valence-corrected chi connectivity index (χ2v) is 13.8. The van der Waals surface area contributed by atoms with E-state index >= 15 is 0 Å². The molecule has 0 aliphatic carbocycles. The molecule has 8 aromatic rings. The van der Waals surface area contributed by atoms with Crippen LogP contribution < -0.4 is 10.2 Å². The molecule has 0 bridgehead atoms. The molecule has 3 nitrogen and oxygen atoms in total. The van der Waals surface area contributed by atoms with Crippen LogP contribution in [0.1, 0.15) is 27.8 Å². The molecular formula is C53H39N3. The second-order valence-electron chi connectivity index (χ2n) is 13.8. The Hall–Kier alpha value is -7.49. The van der Waals surface area contributed by atoms with Crippen molar-refractivity contribution in [2.45, 2.75) is 0 Å². The van der Waals surface area contributed by atoms with E-state index in [1.807, 2.05) is 54.6 Å². The molecule has 2 N–H and O–H groups in total. The summed E-state index contributed by atoms with van der Waals surface area (Å²) in [6.45, 7) is 0. The molecule has 1 aliphatic rings. The standard InChI is InChI=1S/C53H39N3/c54-52(44-25-14-5-15-26-44)51(43-23-12-4-13-24-43)53-50-45(37-48(55-53)42-21-10-3-11-22-42)27-16-28-49(50)56(46-33-29-40(30-34-46)38-17-6-1-7-18-38)47-35-31-41(32-36-47)39-19-8-2-9-20-39/h1-37,54-55H/b53-51-,54-52?. The molecule has 0 aromatic heterocycles. The molecule has 56 heavy (non-hydrogen) atoms. The van der Waals surface area contributed by atoms with Crippen molar-refractivity contribution in [2.24, 2.45) is 0 Å². The third kappa shape index (κ3) is 6.86. The molecule has 1 heterocycles. The Kier molecular flexibility index (Phi) is 9.47. The minimum absolute atomic E-state index is 0.445. The predicted octanol–water partition coefficient (Wildman–Crippen LogP) is 13.5. The first kappa shape index (κ1) is 34.3. The van der Waals surface area contributed by atoms with Crippen molar-refractivity contribution in [3.05, 3.63) is 246 Å². The first-order chi connectivity index (χ1) is 27.7. The Balaban J connectivity index is 1.30. The van der Waals surface area contributed by atoms with Gasteiger partial charge in [0, 0.05) is 33.8 Å². The third-order valence-electron chi connectivity index (χ3n) is 10.3. The fourth-order valence-electron chi connectivity index (χ4n) is 7.55. The van der Waals surface area contributed by atoms with Crippen molar-refractivity contribution in [1.82, 2.24) is 5.32 Å². The quantitative estimate of drug-likeness (QED) is 0.146. The Morgan fingerprint density at radius 3 is 1.32 bits per heavy atom. The Morgan fingerprint density at radius 2 is 0.821 bits per heavy atom. The Labute approximate surface area is 328 Å². The highest BCUT2D eigenvalue weighted by molar-refractivity contribution is 6.36. The molecule has 0 spiro atoms. The highest BCUT2D eigenvalue weighted by Gasteiger charge is 2.28. The van der Waals surface area contributed by atoms with Gasteiger partial charge in [-0.15, -0.1) is 0 Å².